The monoisotopic (exact) mass is 621 g/mol. The smallest absolute Gasteiger partial charge is 0.135 e. The van der Waals surface area contributed by atoms with E-state index < -0.39 is 5.41 Å². The SMILES string of the molecule is CC1(C)c2cc(F)ccc2N(c2ccc(-c3ccccc3)cc2)c2ccc(-c3cccc(-c4ccc5oc6ccccc6c5c4)c3)cc21. The lowest BCUT2D eigenvalue weighted by Gasteiger charge is -2.42. The highest BCUT2D eigenvalue weighted by Crippen LogP contribution is 2.53. The minimum Gasteiger partial charge on any atom is -0.456 e. The molecule has 0 fully saturated rings. The lowest BCUT2D eigenvalue weighted by atomic mass is 9.72. The quantitative estimate of drug-likeness (QED) is 0.194. The van der Waals surface area contributed by atoms with Crippen LogP contribution < -0.4 is 4.90 Å². The van der Waals surface area contributed by atoms with Gasteiger partial charge in [-0.05, 0) is 111 Å². The van der Waals surface area contributed by atoms with Crippen LogP contribution in [-0.4, -0.2) is 0 Å². The molecule has 0 amide bonds. The molecule has 230 valence electrons. The average molecular weight is 622 g/mol. The maximum atomic E-state index is 14.9. The Balaban J connectivity index is 1.14. The predicted molar refractivity (Wildman–Crippen MR) is 197 cm³/mol. The second-order valence-corrected chi connectivity index (χ2v) is 13.2. The molecule has 0 N–H and O–H groups in total. The van der Waals surface area contributed by atoms with Crippen LogP contribution >= 0.6 is 0 Å². The van der Waals surface area contributed by atoms with Crippen LogP contribution in [0.2, 0.25) is 0 Å². The van der Waals surface area contributed by atoms with Crippen LogP contribution in [0.25, 0.3) is 55.3 Å². The van der Waals surface area contributed by atoms with Crippen molar-refractivity contribution in [2.75, 3.05) is 4.90 Å². The molecule has 0 saturated heterocycles. The van der Waals surface area contributed by atoms with Gasteiger partial charge in [-0.15, -0.1) is 0 Å². The van der Waals surface area contributed by atoms with Crippen LogP contribution in [0.15, 0.2) is 162 Å². The van der Waals surface area contributed by atoms with Crippen molar-refractivity contribution in [3.05, 3.63) is 175 Å². The molecule has 0 saturated carbocycles. The lowest BCUT2D eigenvalue weighted by Crippen LogP contribution is -2.30. The summed E-state index contributed by atoms with van der Waals surface area (Å²) in [4.78, 5) is 2.27. The Kier molecular flexibility index (Phi) is 6.38. The number of hydrogen-bond donors (Lipinski definition) is 0. The summed E-state index contributed by atoms with van der Waals surface area (Å²) in [6.45, 7) is 4.40. The van der Waals surface area contributed by atoms with E-state index in [9.17, 15) is 4.39 Å². The fourth-order valence-corrected chi connectivity index (χ4v) is 7.39. The zero-order valence-electron chi connectivity index (χ0n) is 26.7. The van der Waals surface area contributed by atoms with E-state index >= 15 is 0 Å². The van der Waals surface area contributed by atoms with E-state index in [-0.39, 0.29) is 5.82 Å². The molecule has 1 aliphatic rings. The summed E-state index contributed by atoms with van der Waals surface area (Å²) in [5.41, 5.74) is 13.5. The van der Waals surface area contributed by atoms with Crippen LogP contribution in [0.3, 0.4) is 0 Å². The molecule has 0 spiro atoms. The van der Waals surface area contributed by atoms with Crippen molar-refractivity contribution in [1.82, 2.24) is 0 Å². The first kappa shape index (κ1) is 28.3. The Labute approximate surface area is 279 Å². The van der Waals surface area contributed by atoms with Crippen molar-refractivity contribution in [3.63, 3.8) is 0 Å². The summed E-state index contributed by atoms with van der Waals surface area (Å²) in [5.74, 6) is -0.226. The molecule has 0 unspecified atom stereocenters. The van der Waals surface area contributed by atoms with Crippen LogP contribution in [-0.2, 0) is 5.41 Å². The predicted octanol–water partition coefficient (Wildman–Crippen LogP) is 12.8. The van der Waals surface area contributed by atoms with Gasteiger partial charge < -0.3 is 9.32 Å². The van der Waals surface area contributed by atoms with Gasteiger partial charge in [0, 0.05) is 21.9 Å². The topological polar surface area (TPSA) is 16.4 Å². The van der Waals surface area contributed by atoms with E-state index in [1.807, 2.05) is 24.3 Å². The maximum absolute atomic E-state index is 14.9. The second kappa shape index (κ2) is 10.8. The van der Waals surface area contributed by atoms with E-state index in [0.717, 1.165) is 77.9 Å². The molecule has 2 nitrogen and oxygen atoms in total. The van der Waals surface area contributed by atoms with Gasteiger partial charge >= 0.3 is 0 Å². The van der Waals surface area contributed by atoms with E-state index in [2.05, 4.69) is 140 Å². The van der Waals surface area contributed by atoms with E-state index in [0.29, 0.717) is 0 Å². The molecular weight excluding hydrogens is 589 g/mol. The fourth-order valence-electron chi connectivity index (χ4n) is 7.39. The summed E-state index contributed by atoms with van der Waals surface area (Å²) in [7, 11) is 0. The molecule has 0 atom stereocenters. The van der Waals surface area contributed by atoms with Crippen molar-refractivity contribution in [2.24, 2.45) is 0 Å². The number of anilines is 3. The number of hydrogen-bond acceptors (Lipinski definition) is 2. The molecule has 1 aromatic heterocycles. The van der Waals surface area contributed by atoms with Gasteiger partial charge in [-0.2, -0.15) is 0 Å². The number of furan rings is 1. The molecule has 7 aromatic carbocycles. The fraction of sp³-hybridized carbons (Fsp3) is 0.0667. The number of fused-ring (bicyclic) bond motifs is 5. The Morgan fingerprint density at radius 3 is 1.81 bits per heavy atom. The average Bonchev–Trinajstić information content (AvgIpc) is 3.51. The number of rotatable bonds is 4. The summed E-state index contributed by atoms with van der Waals surface area (Å²) >= 11 is 0. The highest BCUT2D eigenvalue weighted by molar-refractivity contribution is 6.06. The lowest BCUT2D eigenvalue weighted by molar-refractivity contribution is 0.597. The molecule has 8 aromatic rings. The van der Waals surface area contributed by atoms with Crippen LogP contribution in [0.4, 0.5) is 21.5 Å². The molecule has 2 heterocycles. The number of nitrogens with zero attached hydrogens (tertiary/aromatic N) is 1. The van der Waals surface area contributed by atoms with Crippen LogP contribution in [0.5, 0.6) is 0 Å². The molecule has 48 heavy (non-hydrogen) atoms. The Hall–Kier alpha value is -5.93. The van der Waals surface area contributed by atoms with Crippen molar-refractivity contribution < 1.29 is 8.81 Å². The third-order valence-electron chi connectivity index (χ3n) is 9.92. The first-order chi connectivity index (χ1) is 23.4. The van der Waals surface area contributed by atoms with E-state index in [1.54, 1.807) is 12.1 Å². The summed E-state index contributed by atoms with van der Waals surface area (Å²) in [6, 6.07) is 54.3. The Bertz CT molecular complexity index is 2490. The van der Waals surface area contributed by atoms with Crippen molar-refractivity contribution in [3.8, 4) is 33.4 Å². The molecule has 3 heteroatoms. The van der Waals surface area contributed by atoms with Crippen LogP contribution in [0, 0.1) is 5.82 Å². The molecular formula is C45H32FNO. The van der Waals surface area contributed by atoms with Gasteiger partial charge in [-0.3, -0.25) is 0 Å². The zero-order chi connectivity index (χ0) is 32.4. The largest absolute Gasteiger partial charge is 0.456 e. The normalized spacial score (nSPS) is 13.4. The Morgan fingerprint density at radius 2 is 1.02 bits per heavy atom. The molecule has 0 radical (unpaired) electrons. The van der Waals surface area contributed by atoms with Crippen molar-refractivity contribution >= 4 is 39.0 Å². The molecule has 9 rings (SSSR count). The maximum Gasteiger partial charge on any atom is 0.135 e. The summed E-state index contributed by atoms with van der Waals surface area (Å²) < 4.78 is 21.0. The van der Waals surface area contributed by atoms with Crippen molar-refractivity contribution in [2.45, 2.75) is 19.3 Å². The third kappa shape index (κ3) is 4.54. The van der Waals surface area contributed by atoms with Gasteiger partial charge in [-0.25, -0.2) is 4.39 Å². The van der Waals surface area contributed by atoms with Gasteiger partial charge in [0.15, 0.2) is 0 Å². The zero-order valence-corrected chi connectivity index (χ0v) is 26.7. The second-order valence-electron chi connectivity index (χ2n) is 13.2. The van der Waals surface area contributed by atoms with Gasteiger partial charge in [0.25, 0.3) is 0 Å². The van der Waals surface area contributed by atoms with Gasteiger partial charge in [-0.1, -0.05) is 105 Å². The molecule has 0 bridgehead atoms. The molecule has 1 aliphatic heterocycles. The van der Waals surface area contributed by atoms with Gasteiger partial charge in [0.2, 0.25) is 0 Å². The van der Waals surface area contributed by atoms with E-state index in [1.165, 1.54) is 5.56 Å². The number of para-hydroxylation sites is 1. The number of halogens is 1. The number of benzene rings is 7. The first-order valence-corrected chi connectivity index (χ1v) is 16.4. The van der Waals surface area contributed by atoms with Crippen LogP contribution in [0.1, 0.15) is 25.0 Å². The van der Waals surface area contributed by atoms with Gasteiger partial charge in [0.1, 0.15) is 17.0 Å². The summed E-state index contributed by atoms with van der Waals surface area (Å²) in [6.07, 6.45) is 0. The Morgan fingerprint density at radius 1 is 0.458 bits per heavy atom. The minimum absolute atomic E-state index is 0.226. The minimum atomic E-state index is -0.422. The first-order valence-electron chi connectivity index (χ1n) is 16.4. The third-order valence-corrected chi connectivity index (χ3v) is 9.92. The van der Waals surface area contributed by atoms with E-state index in [4.69, 9.17) is 4.42 Å². The summed E-state index contributed by atoms with van der Waals surface area (Å²) in [5, 5.41) is 2.24. The van der Waals surface area contributed by atoms with Gasteiger partial charge in [0.05, 0.1) is 11.4 Å². The highest BCUT2D eigenvalue weighted by Gasteiger charge is 2.37. The highest BCUT2D eigenvalue weighted by atomic mass is 19.1. The molecule has 0 aliphatic carbocycles. The standard InChI is InChI=1S/C45H32FNO/c1-45(2)39-27-34(32-12-8-11-31(25-32)33-18-24-44-38(26-33)37-13-6-7-14-43(37)48-44)17-22-41(39)47(42-23-19-35(46)28-40(42)45)36-20-15-30(16-21-36)29-9-4-3-5-10-29/h3-28H,1-2H3. The van der Waals surface area contributed by atoms with Crippen molar-refractivity contribution in [1.29, 1.82) is 0 Å².